The van der Waals surface area contributed by atoms with E-state index in [9.17, 15) is 0 Å². The minimum atomic E-state index is 0.576. The molecular weight excluding hydrogens is 306 g/mol. The zero-order valence-corrected chi connectivity index (χ0v) is 12.9. The van der Waals surface area contributed by atoms with E-state index < -0.39 is 0 Å². The van der Waals surface area contributed by atoms with Crippen molar-refractivity contribution in [3.8, 4) is 5.75 Å². The Morgan fingerprint density at radius 3 is 2.84 bits per heavy atom. The summed E-state index contributed by atoms with van der Waals surface area (Å²) in [5.41, 5.74) is 0.947. The van der Waals surface area contributed by atoms with Crippen molar-refractivity contribution in [2.24, 2.45) is 5.92 Å². The maximum Gasteiger partial charge on any atom is 0.207 e. The summed E-state index contributed by atoms with van der Waals surface area (Å²) in [6.07, 6.45) is 3.79. The summed E-state index contributed by atoms with van der Waals surface area (Å²) in [6.45, 7) is 5.31. The second-order valence-corrected chi connectivity index (χ2v) is 5.72. The van der Waals surface area contributed by atoms with Crippen LogP contribution in [0.5, 0.6) is 5.75 Å². The van der Waals surface area contributed by atoms with Gasteiger partial charge in [0, 0.05) is 35.2 Å². The summed E-state index contributed by atoms with van der Waals surface area (Å²) in [5.74, 6) is 2.22. The van der Waals surface area contributed by atoms with Gasteiger partial charge in [0.05, 0.1) is 7.11 Å². The molecule has 102 valence electrons. The third-order valence-electron chi connectivity index (χ3n) is 2.64. The average molecular weight is 324 g/mol. The number of nitrogens with one attached hydrogen (secondary N) is 1. The van der Waals surface area contributed by atoms with Crippen LogP contribution in [0.4, 0.5) is 11.6 Å². The van der Waals surface area contributed by atoms with E-state index in [1.165, 1.54) is 0 Å². The molecule has 0 aliphatic carbocycles. The number of nitrogens with zero attached hydrogens (tertiary/aromatic N) is 2. The van der Waals surface area contributed by atoms with Gasteiger partial charge in [-0.1, -0.05) is 29.8 Å². The Labute approximate surface area is 121 Å². The Bertz CT molecular complexity index is 551. The number of anilines is 2. The van der Waals surface area contributed by atoms with Crippen LogP contribution in [-0.4, -0.2) is 16.7 Å². The normalized spacial score (nSPS) is 10.8. The smallest absolute Gasteiger partial charge is 0.207 e. The predicted octanol–water partition coefficient (Wildman–Crippen LogP) is 4.05. The number of aromatic nitrogens is 2. The average Bonchev–Trinajstić information content (AvgIpc) is 2.75. The Balaban J connectivity index is 2.21. The molecule has 1 N–H and O–H groups in total. The van der Waals surface area contributed by atoms with E-state index in [0.29, 0.717) is 5.92 Å². The van der Waals surface area contributed by atoms with Gasteiger partial charge in [-0.3, -0.25) is 0 Å². The molecule has 1 aromatic carbocycles. The Morgan fingerprint density at radius 2 is 2.16 bits per heavy atom. The zero-order chi connectivity index (χ0) is 13.8. The molecule has 0 unspecified atom stereocenters. The molecule has 1 heterocycles. The van der Waals surface area contributed by atoms with Gasteiger partial charge < -0.3 is 14.6 Å². The van der Waals surface area contributed by atoms with E-state index in [1.54, 1.807) is 13.3 Å². The van der Waals surface area contributed by atoms with Crippen molar-refractivity contribution < 1.29 is 4.74 Å². The topological polar surface area (TPSA) is 39.1 Å². The lowest BCUT2D eigenvalue weighted by atomic mass is 10.2. The van der Waals surface area contributed by atoms with Crippen LogP contribution in [0.3, 0.4) is 0 Å². The molecule has 0 saturated heterocycles. The first-order valence-corrected chi connectivity index (χ1v) is 7.00. The molecule has 0 aliphatic rings. The molecule has 4 nitrogen and oxygen atoms in total. The third kappa shape index (κ3) is 3.73. The summed E-state index contributed by atoms with van der Waals surface area (Å²) in [7, 11) is 1.66. The predicted molar refractivity (Wildman–Crippen MR) is 81.0 cm³/mol. The van der Waals surface area contributed by atoms with Crippen molar-refractivity contribution in [3.05, 3.63) is 35.1 Å². The molecule has 0 saturated carbocycles. The number of benzene rings is 1. The van der Waals surface area contributed by atoms with Crippen LogP contribution in [-0.2, 0) is 6.54 Å². The Kier molecular flexibility index (Phi) is 4.47. The van der Waals surface area contributed by atoms with Crippen LogP contribution in [0.2, 0.25) is 0 Å². The van der Waals surface area contributed by atoms with Crippen LogP contribution in [0.25, 0.3) is 0 Å². The number of ether oxygens (including phenoxy) is 1. The van der Waals surface area contributed by atoms with Crippen LogP contribution in [0, 0.1) is 5.92 Å². The molecule has 5 heteroatoms. The molecular formula is C14H18BrN3O. The molecule has 2 aromatic rings. The highest BCUT2D eigenvalue weighted by Gasteiger charge is 2.06. The second-order valence-electron chi connectivity index (χ2n) is 4.80. The van der Waals surface area contributed by atoms with Gasteiger partial charge in [-0.2, -0.15) is 0 Å². The molecule has 0 fully saturated rings. The molecule has 0 radical (unpaired) electrons. The minimum Gasteiger partial charge on any atom is -0.497 e. The van der Waals surface area contributed by atoms with Crippen molar-refractivity contribution in [1.82, 2.24) is 9.55 Å². The lowest BCUT2D eigenvalue weighted by Crippen LogP contribution is -2.07. The quantitative estimate of drug-likeness (QED) is 0.902. The summed E-state index contributed by atoms with van der Waals surface area (Å²) < 4.78 is 8.33. The highest BCUT2D eigenvalue weighted by Crippen LogP contribution is 2.26. The minimum absolute atomic E-state index is 0.576. The van der Waals surface area contributed by atoms with Gasteiger partial charge >= 0.3 is 0 Å². The molecule has 0 bridgehead atoms. The van der Waals surface area contributed by atoms with Crippen LogP contribution < -0.4 is 10.1 Å². The number of rotatable bonds is 5. The number of halogens is 1. The lowest BCUT2D eigenvalue weighted by Gasteiger charge is -2.12. The van der Waals surface area contributed by atoms with E-state index in [2.05, 4.69) is 44.6 Å². The van der Waals surface area contributed by atoms with Gasteiger partial charge in [-0.25, -0.2) is 4.98 Å². The first kappa shape index (κ1) is 13.9. The Morgan fingerprint density at radius 1 is 1.37 bits per heavy atom. The van der Waals surface area contributed by atoms with Gasteiger partial charge in [0.1, 0.15) is 5.75 Å². The van der Waals surface area contributed by atoms with Crippen LogP contribution >= 0.6 is 15.9 Å². The molecule has 2 rings (SSSR count). The van der Waals surface area contributed by atoms with E-state index in [-0.39, 0.29) is 0 Å². The fourth-order valence-electron chi connectivity index (χ4n) is 1.86. The van der Waals surface area contributed by atoms with Gasteiger partial charge in [0.2, 0.25) is 5.95 Å². The van der Waals surface area contributed by atoms with E-state index >= 15 is 0 Å². The summed E-state index contributed by atoms with van der Waals surface area (Å²) >= 11 is 3.47. The molecule has 0 atom stereocenters. The summed E-state index contributed by atoms with van der Waals surface area (Å²) in [5, 5.41) is 3.32. The molecule has 0 spiro atoms. The molecule has 0 aliphatic heterocycles. The Hall–Kier alpha value is -1.49. The van der Waals surface area contributed by atoms with Gasteiger partial charge in [0.25, 0.3) is 0 Å². The van der Waals surface area contributed by atoms with E-state index in [4.69, 9.17) is 4.74 Å². The molecule has 0 amide bonds. The fraction of sp³-hybridized carbons (Fsp3) is 0.357. The SMILES string of the molecule is COc1cc(Br)cc(Nc2nccn2CC(C)C)c1. The standard InChI is InChI=1S/C14H18BrN3O/c1-10(2)9-18-5-4-16-14(18)17-12-6-11(15)7-13(8-12)19-3/h4-8,10H,9H2,1-3H3,(H,16,17). The van der Waals surface area contributed by atoms with Crippen molar-refractivity contribution in [2.45, 2.75) is 20.4 Å². The lowest BCUT2D eigenvalue weighted by molar-refractivity contribution is 0.414. The highest BCUT2D eigenvalue weighted by atomic mass is 79.9. The number of hydrogen-bond acceptors (Lipinski definition) is 3. The zero-order valence-electron chi connectivity index (χ0n) is 11.4. The van der Waals surface area contributed by atoms with Crippen molar-refractivity contribution in [3.63, 3.8) is 0 Å². The molecule has 1 aromatic heterocycles. The first-order valence-electron chi connectivity index (χ1n) is 6.21. The largest absolute Gasteiger partial charge is 0.497 e. The highest BCUT2D eigenvalue weighted by molar-refractivity contribution is 9.10. The van der Waals surface area contributed by atoms with Crippen molar-refractivity contribution in [1.29, 1.82) is 0 Å². The number of hydrogen-bond donors (Lipinski definition) is 1. The van der Waals surface area contributed by atoms with E-state index in [1.807, 2.05) is 24.4 Å². The van der Waals surface area contributed by atoms with Crippen LogP contribution in [0.1, 0.15) is 13.8 Å². The number of imidazole rings is 1. The van der Waals surface area contributed by atoms with Crippen molar-refractivity contribution in [2.75, 3.05) is 12.4 Å². The van der Waals surface area contributed by atoms with Crippen molar-refractivity contribution >= 4 is 27.6 Å². The van der Waals surface area contributed by atoms with Gasteiger partial charge in [0.15, 0.2) is 0 Å². The summed E-state index contributed by atoms with van der Waals surface area (Å²) in [4.78, 5) is 4.35. The maximum absolute atomic E-state index is 5.25. The summed E-state index contributed by atoms with van der Waals surface area (Å²) in [6, 6.07) is 5.86. The fourth-order valence-corrected chi connectivity index (χ4v) is 2.33. The molecule has 19 heavy (non-hydrogen) atoms. The second kappa shape index (κ2) is 6.10. The van der Waals surface area contributed by atoms with E-state index in [0.717, 1.165) is 28.4 Å². The van der Waals surface area contributed by atoms with Gasteiger partial charge in [-0.05, 0) is 18.1 Å². The number of methoxy groups -OCH3 is 1. The monoisotopic (exact) mass is 323 g/mol. The first-order chi connectivity index (χ1) is 9.08. The third-order valence-corrected chi connectivity index (χ3v) is 3.10. The van der Waals surface area contributed by atoms with Gasteiger partial charge in [-0.15, -0.1) is 0 Å². The van der Waals surface area contributed by atoms with Crippen LogP contribution in [0.15, 0.2) is 35.1 Å². The maximum atomic E-state index is 5.25.